The number of amides is 3. The minimum Gasteiger partial charge on any atom is -0.480 e. The van der Waals surface area contributed by atoms with Crippen molar-refractivity contribution in [2.75, 3.05) is 0 Å². The highest BCUT2D eigenvalue weighted by Crippen LogP contribution is 2.13. The molecule has 1 saturated heterocycles. The van der Waals surface area contributed by atoms with Crippen LogP contribution in [0, 0.1) is 5.41 Å². The summed E-state index contributed by atoms with van der Waals surface area (Å²) in [6, 6.07) is -1.25. The first-order chi connectivity index (χ1) is 9.87. The largest absolute Gasteiger partial charge is 0.480 e. The van der Waals surface area contributed by atoms with Crippen molar-refractivity contribution in [1.82, 2.24) is 10.4 Å². The smallest absolute Gasteiger partial charge is 0.328 e. The summed E-state index contributed by atoms with van der Waals surface area (Å²) in [5, 5.41) is 28.6. The maximum absolute atomic E-state index is 11.4. The van der Waals surface area contributed by atoms with Crippen LogP contribution in [0.1, 0.15) is 40.5 Å². The third kappa shape index (κ3) is 6.19. The van der Waals surface area contributed by atoms with Crippen LogP contribution < -0.4 is 5.32 Å². The van der Waals surface area contributed by atoms with Gasteiger partial charge in [-0.1, -0.05) is 20.8 Å². The van der Waals surface area contributed by atoms with Crippen LogP contribution in [0.3, 0.4) is 0 Å². The highest BCUT2D eigenvalue weighted by molar-refractivity contribution is 6.00. The van der Waals surface area contributed by atoms with Crippen LogP contribution in [-0.2, 0) is 19.2 Å². The Hall–Kier alpha value is -2.00. The van der Waals surface area contributed by atoms with E-state index in [4.69, 9.17) is 15.4 Å². The number of nitrogens with one attached hydrogen (secondary N) is 1. The number of aliphatic hydroxyl groups excluding tert-OH is 1. The lowest BCUT2D eigenvalue weighted by Gasteiger charge is -2.23. The molecule has 0 saturated carbocycles. The van der Waals surface area contributed by atoms with Gasteiger partial charge in [-0.3, -0.25) is 19.6 Å². The molecule has 22 heavy (non-hydrogen) atoms. The van der Waals surface area contributed by atoms with Gasteiger partial charge < -0.3 is 15.5 Å². The summed E-state index contributed by atoms with van der Waals surface area (Å²) >= 11 is 0. The molecular weight excluding hydrogens is 296 g/mol. The zero-order chi connectivity index (χ0) is 17.7. The van der Waals surface area contributed by atoms with Gasteiger partial charge in [0.25, 0.3) is 11.8 Å². The second-order valence-electron chi connectivity index (χ2n) is 5.88. The highest BCUT2D eigenvalue weighted by Gasteiger charge is 2.30. The van der Waals surface area contributed by atoms with E-state index in [2.05, 4.69) is 5.32 Å². The molecule has 1 aliphatic heterocycles. The summed E-state index contributed by atoms with van der Waals surface area (Å²) in [4.78, 5) is 42.5. The molecule has 0 aromatic heterocycles. The molecule has 9 heteroatoms. The van der Waals surface area contributed by atoms with Gasteiger partial charge in [-0.25, -0.2) is 4.79 Å². The van der Waals surface area contributed by atoms with Gasteiger partial charge in [0.15, 0.2) is 6.04 Å². The Morgan fingerprint density at radius 1 is 1.18 bits per heavy atom. The Morgan fingerprint density at radius 2 is 1.59 bits per heavy atom. The Balaban J connectivity index is 0.000000461. The Bertz CT molecular complexity index is 438. The summed E-state index contributed by atoms with van der Waals surface area (Å²) < 4.78 is 0. The second-order valence-corrected chi connectivity index (χ2v) is 5.88. The molecular formula is C13H22N2O7. The molecule has 1 fully saturated rings. The number of carbonyl (C=O) groups is 4. The van der Waals surface area contributed by atoms with E-state index in [9.17, 15) is 19.2 Å². The van der Waals surface area contributed by atoms with Crippen LogP contribution >= 0.6 is 0 Å². The number of imide groups is 1. The number of aliphatic hydroxyl groups is 1. The van der Waals surface area contributed by atoms with Crippen molar-refractivity contribution in [3.8, 4) is 0 Å². The fraction of sp³-hybridized carbons (Fsp3) is 0.692. The van der Waals surface area contributed by atoms with Crippen molar-refractivity contribution < 1.29 is 34.6 Å². The number of rotatable bonds is 3. The van der Waals surface area contributed by atoms with Crippen molar-refractivity contribution in [2.24, 2.45) is 5.41 Å². The maximum Gasteiger partial charge on any atom is 0.328 e. The maximum atomic E-state index is 11.4. The summed E-state index contributed by atoms with van der Waals surface area (Å²) in [5.41, 5.74) is -0.664. The van der Waals surface area contributed by atoms with Crippen LogP contribution in [0.25, 0.3) is 0 Å². The third-order valence-electron chi connectivity index (χ3n) is 2.74. The molecule has 0 bridgehead atoms. The molecule has 0 radical (unpaired) electrons. The van der Waals surface area contributed by atoms with E-state index >= 15 is 0 Å². The Morgan fingerprint density at radius 3 is 1.77 bits per heavy atom. The zero-order valence-electron chi connectivity index (χ0n) is 13.0. The van der Waals surface area contributed by atoms with Gasteiger partial charge >= 0.3 is 5.97 Å². The van der Waals surface area contributed by atoms with Gasteiger partial charge in [-0.2, -0.15) is 5.06 Å². The van der Waals surface area contributed by atoms with Crippen molar-refractivity contribution in [2.45, 2.75) is 52.7 Å². The average molecular weight is 318 g/mol. The molecule has 2 atom stereocenters. The number of carbonyl (C=O) groups excluding carboxylic acids is 3. The standard InChI is InChI=1S/C9H17NO4.C4H5NO3/c1-5(11)6(7(12)13)10-8(14)9(2,3)4;6-3-1-2-4(7)5(3)8/h5-6,11H,1-4H3,(H,10,14)(H,12,13);8H,1-2H2. The minimum absolute atomic E-state index is 0.148. The van der Waals surface area contributed by atoms with E-state index in [-0.39, 0.29) is 17.9 Å². The summed E-state index contributed by atoms with van der Waals surface area (Å²) in [6.07, 6.45) is -0.816. The molecule has 0 aromatic carbocycles. The van der Waals surface area contributed by atoms with Gasteiger partial charge in [-0.15, -0.1) is 0 Å². The number of nitrogens with zero attached hydrogens (tertiary/aromatic N) is 1. The van der Waals surface area contributed by atoms with Crippen molar-refractivity contribution >= 4 is 23.7 Å². The molecule has 3 amide bonds. The van der Waals surface area contributed by atoms with Crippen LogP contribution in [-0.4, -0.2) is 56.3 Å². The summed E-state index contributed by atoms with van der Waals surface area (Å²) in [6.45, 7) is 6.33. The lowest BCUT2D eigenvalue weighted by molar-refractivity contribution is -0.171. The summed E-state index contributed by atoms with van der Waals surface area (Å²) in [7, 11) is 0. The number of carboxylic acid groups (broad SMARTS) is 1. The predicted octanol–water partition coefficient (Wildman–Crippen LogP) is -0.493. The van der Waals surface area contributed by atoms with E-state index in [0.29, 0.717) is 0 Å². The molecule has 0 aromatic rings. The van der Waals surface area contributed by atoms with Crippen LogP contribution in [0.2, 0.25) is 0 Å². The molecule has 4 N–H and O–H groups in total. The molecule has 1 rings (SSSR count). The van der Waals surface area contributed by atoms with Gasteiger partial charge in [0, 0.05) is 18.3 Å². The molecule has 0 spiro atoms. The van der Waals surface area contributed by atoms with E-state index in [1.165, 1.54) is 6.92 Å². The first-order valence-corrected chi connectivity index (χ1v) is 6.64. The molecule has 126 valence electrons. The zero-order valence-corrected chi connectivity index (χ0v) is 13.0. The molecule has 9 nitrogen and oxygen atoms in total. The van der Waals surface area contributed by atoms with Crippen LogP contribution in [0.5, 0.6) is 0 Å². The third-order valence-corrected chi connectivity index (χ3v) is 2.74. The van der Waals surface area contributed by atoms with E-state index in [1.807, 2.05) is 0 Å². The fourth-order valence-electron chi connectivity index (χ4n) is 1.31. The first-order valence-electron chi connectivity index (χ1n) is 6.64. The fourth-order valence-corrected chi connectivity index (χ4v) is 1.31. The number of carboxylic acids is 1. The lowest BCUT2D eigenvalue weighted by Crippen LogP contribution is -2.50. The highest BCUT2D eigenvalue weighted by atomic mass is 16.5. The predicted molar refractivity (Wildman–Crippen MR) is 73.6 cm³/mol. The normalized spacial score (nSPS) is 17.5. The molecule has 1 aliphatic rings. The van der Waals surface area contributed by atoms with E-state index in [1.54, 1.807) is 20.8 Å². The van der Waals surface area contributed by atoms with E-state index < -0.39 is 41.3 Å². The molecule has 0 aliphatic carbocycles. The van der Waals surface area contributed by atoms with Gasteiger partial charge in [0.1, 0.15) is 0 Å². The molecule has 2 unspecified atom stereocenters. The lowest BCUT2D eigenvalue weighted by atomic mass is 9.95. The minimum atomic E-state index is -1.25. The topological polar surface area (TPSA) is 144 Å². The number of hydroxylamine groups is 2. The first kappa shape index (κ1) is 20.0. The SMILES string of the molecule is CC(O)C(NC(=O)C(C)(C)C)C(=O)O.O=C1CCC(=O)N1O. The number of aliphatic carboxylic acids is 1. The van der Waals surface area contributed by atoms with Crippen molar-refractivity contribution in [3.63, 3.8) is 0 Å². The van der Waals surface area contributed by atoms with Crippen LogP contribution in [0.4, 0.5) is 0 Å². The van der Waals surface area contributed by atoms with Gasteiger partial charge in [0.05, 0.1) is 6.10 Å². The van der Waals surface area contributed by atoms with E-state index in [0.717, 1.165) is 0 Å². The Kier molecular flexibility index (Phi) is 7.14. The van der Waals surface area contributed by atoms with Crippen molar-refractivity contribution in [3.05, 3.63) is 0 Å². The second kappa shape index (κ2) is 7.85. The van der Waals surface area contributed by atoms with Gasteiger partial charge in [-0.05, 0) is 6.92 Å². The monoisotopic (exact) mass is 318 g/mol. The van der Waals surface area contributed by atoms with Crippen LogP contribution in [0.15, 0.2) is 0 Å². The average Bonchev–Trinajstić information content (AvgIpc) is 2.65. The van der Waals surface area contributed by atoms with Crippen molar-refractivity contribution in [1.29, 1.82) is 0 Å². The summed E-state index contributed by atoms with van der Waals surface area (Å²) in [5.74, 6) is -2.64. The number of hydrogen-bond acceptors (Lipinski definition) is 6. The Labute approximate surface area is 127 Å². The molecule has 1 heterocycles. The quantitative estimate of drug-likeness (QED) is 0.406. The number of hydrogen-bond donors (Lipinski definition) is 4. The van der Waals surface area contributed by atoms with Gasteiger partial charge in [0.2, 0.25) is 5.91 Å².